The van der Waals surface area contributed by atoms with Crippen LogP contribution in [0.15, 0.2) is 48.5 Å². The van der Waals surface area contributed by atoms with Crippen LogP contribution in [0.1, 0.15) is 47.4 Å². The number of nitrogens with zero attached hydrogens (tertiary/aromatic N) is 2. The Bertz CT molecular complexity index is 995. The molecule has 0 spiro atoms. The van der Waals surface area contributed by atoms with E-state index >= 15 is 0 Å². The lowest BCUT2D eigenvalue weighted by Gasteiger charge is -2.26. The highest BCUT2D eigenvalue weighted by atomic mass is 16.5. The Morgan fingerprint density at radius 1 is 1.18 bits per heavy atom. The zero-order chi connectivity index (χ0) is 19.7. The molecule has 0 fully saturated rings. The fraction of sp³-hybridized carbons (Fsp3) is 0.273. The number of phenolic OH excluding ortho intramolecular Hbond substituents is 1. The molecule has 0 aliphatic carbocycles. The highest BCUT2D eigenvalue weighted by Gasteiger charge is 2.42. The van der Waals surface area contributed by atoms with Crippen LogP contribution in [0.3, 0.4) is 0 Å². The number of ether oxygens (including phenoxy) is 1. The number of hydrogen-bond donors (Lipinski definition) is 2. The number of para-hydroxylation sites is 1. The first-order valence-corrected chi connectivity index (χ1v) is 9.47. The van der Waals surface area contributed by atoms with Gasteiger partial charge < -0.3 is 14.7 Å². The van der Waals surface area contributed by atoms with Crippen LogP contribution in [0.2, 0.25) is 0 Å². The van der Waals surface area contributed by atoms with Crippen molar-refractivity contribution in [2.24, 2.45) is 0 Å². The minimum atomic E-state index is -0.256. The summed E-state index contributed by atoms with van der Waals surface area (Å²) >= 11 is 0. The Labute approximate surface area is 163 Å². The topological polar surface area (TPSA) is 78.5 Å². The third-order valence-electron chi connectivity index (χ3n) is 5.21. The molecule has 0 bridgehead atoms. The summed E-state index contributed by atoms with van der Waals surface area (Å²) in [6, 6.07) is 14.6. The molecule has 2 N–H and O–H groups in total. The Hall–Kier alpha value is -3.28. The Balaban J connectivity index is 1.86. The molecule has 0 radical (unpaired) electrons. The van der Waals surface area contributed by atoms with Crippen molar-refractivity contribution in [1.29, 1.82) is 0 Å². The number of phenols is 1. The smallest absolute Gasteiger partial charge is 0.273 e. The van der Waals surface area contributed by atoms with Crippen molar-refractivity contribution in [2.75, 3.05) is 13.7 Å². The van der Waals surface area contributed by atoms with E-state index in [2.05, 4.69) is 17.1 Å². The van der Waals surface area contributed by atoms with Crippen LogP contribution in [0.5, 0.6) is 11.5 Å². The molecule has 1 unspecified atom stereocenters. The molecular weight excluding hydrogens is 354 g/mol. The first-order valence-electron chi connectivity index (χ1n) is 9.47. The standard InChI is InChI=1S/C22H23N3O3/c1-3-4-13-25-21(14-9-11-15(28-2)12-10-14)18-19(23-24-20(18)22(25)27)16-7-5-6-8-17(16)26/h5-12,21,26H,3-4,13H2,1-2H3,(H,23,24). The zero-order valence-electron chi connectivity index (χ0n) is 16.0. The normalized spacial score (nSPS) is 15.7. The van der Waals surface area contributed by atoms with Crippen LogP contribution in [-0.2, 0) is 0 Å². The number of unbranched alkanes of at least 4 members (excludes halogenated alkanes) is 1. The van der Waals surface area contributed by atoms with Gasteiger partial charge in [0.25, 0.3) is 5.91 Å². The number of benzene rings is 2. The molecule has 0 saturated carbocycles. The lowest BCUT2D eigenvalue weighted by atomic mass is 9.95. The van der Waals surface area contributed by atoms with Crippen molar-refractivity contribution in [2.45, 2.75) is 25.8 Å². The first-order chi connectivity index (χ1) is 13.7. The van der Waals surface area contributed by atoms with Gasteiger partial charge in [-0.15, -0.1) is 0 Å². The number of aromatic hydroxyl groups is 1. The Morgan fingerprint density at radius 3 is 2.61 bits per heavy atom. The van der Waals surface area contributed by atoms with Crippen molar-refractivity contribution in [3.05, 3.63) is 65.4 Å². The van der Waals surface area contributed by atoms with E-state index in [1.807, 2.05) is 41.3 Å². The second-order valence-corrected chi connectivity index (χ2v) is 6.91. The third-order valence-corrected chi connectivity index (χ3v) is 5.21. The minimum Gasteiger partial charge on any atom is -0.507 e. The lowest BCUT2D eigenvalue weighted by Crippen LogP contribution is -2.30. The van der Waals surface area contributed by atoms with E-state index in [0.717, 1.165) is 29.7 Å². The van der Waals surface area contributed by atoms with Crippen molar-refractivity contribution in [3.63, 3.8) is 0 Å². The van der Waals surface area contributed by atoms with Gasteiger partial charge in [-0.05, 0) is 36.2 Å². The summed E-state index contributed by atoms with van der Waals surface area (Å²) in [4.78, 5) is 15.0. The number of amides is 1. The molecule has 1 amide bonds. The van der Waals surface area contributed by atoms with Crippen LogP contribution in [0.4, 0.5) is 0 Å². The fourth-order valence-corrected chi connectivity index (χ4v) is 3.77. The van der Waals surface area contributed by atoms with E-state index in [0.29, 0.717) is 23.5 Å². The molecule has 1 aromatic heterocycles. The van der Waals surface area contributed by atoms with Crippen LogP contribution in [0, 0.1) is 0 Å². The number of H-pyrrole nitrogens is 1. The molecular formula is C22H23N3O3. The number of carbonyl (C=O) groups excluding carboxylic acids is 1. The largest absolute Gasteiger partial charge is 0.507 e. The number of fused-ring (bicyclic) bond motifs is 1. The van der Waals surface area contributed by atoms with Gasteiger partial charge >= 0.3 is 0 Å². The highest BCUT2D eigenvalue weighted by Crippen LogP contribution is 2.44. The zero-order valence-corrected chi connectivity index (χ0v) is 16.0. The van der Waals surface area contributed by atoms with Gasteiger partial charge in [-0.1, -0.05) is 37.6 Å². The van der Waals surface area contributed by atoms with E-state index in [1.165, 1.54) is 0 Å². The van der Waals surface area contributed by atoms with Crippen LogP contribution >= 0.6 is 0 Å². The van der Waals surface area contributed by atoms with Gasteiger partial charge in [0.2, 0.25) is 0 Å². The molecule has 6 nitrogen and oxygen atoms in total. The van der Waals surface area contributed by atoms with Gasteiger partial charge in [0.1, 0.15) is 22.9 Å². The number of nitrogens with one attached hydrogen (secondary N) is 1. The second-order valence-electron chi connectivity index (χ2n) is 6.91. The predicted molar refractivity (Wildman–Crippen MR) is 106 cm³/mol. The minimum absolute atomic E-state index is 0.0570. The number of carbonyl (C=O) groups is 1. The van der Waals surface area contributed by atoms with Crippen molar-refractivity contribution >= 4 is 5.91 Å². The summed E-state index contributed by atoms with van der Waals surface area (Å²) in [5.74, 6) is 0.852. The summed E-state index contributed by atoms with van der Waals surface area (Å²) in [7, 11) is 1.63. The van der Waals surface area contributed by atoms with Gasteiger partial charge in [0, 0.05) is 17.7 Å². The van der Waals surface area contributed by atoms with Gasteiger partial charge in [0.05, 0.1) is 13.2 Å². The summed E-state index contributed by atoms with van der Waals surface area (Å²) in [6.07, 6.45) is 1.92. The SMILES string of the molecule is CCCCN1C(=O)c2[nH]nc(-c3ccccc3O)c2C1c1ccc(OC)cc1. The van der Waals surface area contributed by atoms with Crippen LogP contribution in [-0.4, -0.2) is 39.8 Å². The molecule has 6 heteroatoms. The molecule has 4 rings (SSSR count). The summed E-state index contributed by atoms with van der Waals surface area (Å²) < 4.78 is 5.28. The molecule has 2 heterocycles. The highest BCUT2D eigenvalue weighted by molar-refractivity contribution is 6.00. The number of rotatable bonds is 6. The average Bonchev–Trinajstić information content (AvgIpc) is 3.26. The van der Waals surface area contributed by atoms with Crippen molar-refractivity contribution in [1.82, 2.24) is 15.1 Å². The molecule has 0 saturated heterocycles. The van der Waals surface area contributed by atoms with E-state index in [-0.39, 0.29) is 17.7 Å². The molecule has 28 heavy (non-hydrogen) atoms. The third kappa shape index (κ3) is 2.91. The maximum absolute atomic E-state index is 13.1. The second kappa shape index (κ2) is 7.38. The van der Waals surface area contributed by atoms with E-state index in [1.54, 1.807) is 19.2 Å². The van der Waals surface area contributed by atoms with Crippen molar-refractivity contribution < 1.29 is 14.6 Å². The Kier molecular flexibility index (Phi) is 4.77. The van der Waals surface area contributed by atoms with Gasteiger partial charge in [0.15, 0.2) is 0 Å². The van der Waals surface area contributed by atoms with E-state index < -0.39 is 0 Å². The van der Waals surface area contributed by atoms with Crippen LogP contribution < -0.4 is 4.74 Å². The molecule has 1 aliphatic heterocycles. The predicted octanol–water partition coefficient (Wildman–Crippen LogP) is 4.14. The number of aromatic nitrogens is 2. The first kappa shape index (κ1) is 18.1. The maximum Gasteiger partial charge on any atom is 0.273 e. The quantitative estimate of drug-likeness (QED) is 0.677. The van der Waals surface area contributed by atoms with Crippen LogP contribution in [0.25, 0.3) is 11.3 Å². The summed E-state index contributed by atoms with van der Waals surface area (Å²) in [5.41, 5.74) is 3.52. The number of hydrogen-bond acceptors (Lipinski definition) is 4. The monoisotopic (exact) mass is 377 g/mol. The van der Waals surface area contributed by atoms with E-state index in [9.17, 15) is 9.90 Å². The molecule has 3 aromatic rings. The molecule has 1 aliphatic rings. The summed E-state index contributed by atoms with van der Waals surface area (Å²) in [6.45, 7) is 2.77. The molecule has 1 atom stereocenters. The average molecular weight is 377 g/mol. The number of methoxy groups -OCH3 is 1. The van der Waals surface area contributed by atoms with Gasteiger partial charge in [-0.25, -0.2) is 0 Å². The lowest BCUT2D eigenvalue weighted by molar-refractivity contribution is 0.0741. The van der Waals surface area contributed by atoms with Gasteiger partial charge in [-0.2, -0.15) is 5.10 Å². The van der Waals surface area contributed by atoms with Gasteiger partial charge in [-0.3, -0.25) is 9.89 Å². The maximum atomic E-state index is 13.1. The number of aromatic amines is 1. The van der Waals surface area contributed by atoms with Crippen molar-refractivity contribution in [3.8, 4) is 22.8 Å². The molecule has 2 aromatic carbocycles. The Morgan fingerprint density at radius 2 is 1.93 bits per heavy atom. The molecule has 144 valence electrons. The summed E-state index contributed by atoms with van der Waals surface area (Å²) in [5, 5.41) is 17.6. The van der Waals surface area contributed by atoms with E-state index in [4.69, 9.17) is 4.74 Å². The fourth-order valence-electron chi connectivity index (χ4n) is 3.77.